The highest BCUT2D eigenvalue weighted by molar-refractivity contribution is 6.26. The molecule has 0 bridgehead atoms. The van der Waals surface area contributed by atoms with Crippen LogP contribution in [0.4, 0.5) is 0 Å². The maximum Gasteiger partial charge on any atom is 0.328 e. The molecule has 0 radical (unpaired) electrons. The van der Waals surface area contributed by atoms with E-state index in [4.69, 9.17) is 14.9 Å². The molecule has 1 rings (SSSR count). The largest absolute Gasteiger partial charge is 0.461 e. The third kappa shape index (κ3) is 6.76. The van der Waals surface area contributed by atoms with Crippen molar-refractivity contribution in [1.29, 1.82) is 5.41 Å². The number of carbonyl (C=O) groups is 3. The molecule has 1 amide bonds. The molecule has 0 aromatic heterocycles. The van der Waals surface area contributed by atoms with Gasteiger partial charge in [0.2, 0.25) is 5.91 Å². The van der Waals surface area contributed by atoms with E-state index in [0.717, 1.165) is 25.9 Å². The first-order valence-corrected chi connectivity index (χ1v) is 8.12. The molecule has 8 heteroatoms. The summed E-state index contributed by atoms with van der Waals surface area (Å²) < 4.78 is 10.4. The van der Waals surface area contributed by atoms with Gasteiger partial charge in [-0.05, 0) is 33.2 Å². The number of methoxy groups -OCH3 is 1. The van der Waals surface area contributed by atoms with Crippen LogP contribution in [0.2, 0.25) is 0 Å². The molecule has 1 aliphatic heterocycles. The number of likely N-dealkylation sites (tertiary alicyclic amines) is 1. The first-order chi connectivity index (χ1) is 11.4. The van der Waals surface area contributed by atoms with Crippen molar-refractivity contribution >= 4 is 23.9 Å². The Morgan fingerprint density at radius 1 is 1.33 bits per heavy atom. The normalized spacial score (nSPS) is 18.5. The van der Waals surface area contributed by atoms with Gasteiger partial charge in [0.15, 0.2) is 5.78 Å². The zero-order valence-electron chi connectivity index (χ0n) is 14.5. The fourth-order valence-corrected chi connectivity index (χ4v) is 2.35. The summed E-state index contributed by atoms with van der Waals surface area (Å²) in [5, 5.41) is 9.49. The summed E-state index contributed by atoms with van der Waals surface area (Å²) in [6.45, 7) is 3.27. The van der Waals surface area contributed by atoms with E-state index in [-0.39, 0.29) is 18.9 Å². The van der Waals surface area contributed by atoms with Crippen molar-refractivity contribution in [3.05, 3.63) is 0 Å². The van der Waals surface area contributed by atoms with Gasteiger partial charge in [-0.25, -0.2) is 4.79 Å². The zero-order chi connectivity index (χ0) is 18.1. The van der Waals surface area contributed by atoms with Crippen molar-refractivity contribution in [2.45, 2.75) is 50.9 Å². The second kappa shape index (κ2) is 10.1. The molecule has 1 aliphatic rings. The summed E-state index contributed by atoms with van der Waals surface area (Å²) in [5.41, 5.74) is 0. The first-order valence-electron chi connectivity index (χ1n) is 8.12. The van der Waals surface area contributed by atoms with Gasteiger partial charge in [-0.15, -0.1) is 0 Å². The van der Waals surface area contributed by atoms with Crippen LogP contribution in [0, 0.1) is 5.41 Å². The summed E-state index contributed by atoms with van der Waals surface area (Å²) in [5.74, 6) is -1.38. The third-order valence-electron chi connectivity index (χ3n) is 4.11. The van der Waals surface area contributed by atoms with E-state index in [1.54, 1.807) is 6.92 Å². The van der Waals surface area contributed by atoms with Crippen molar-refractivity contribution in [1.82, 2.24) is 10.2 Å². The minimum atomic E-state index is -0.918. The van der Waals surface area contributed by atoms with Crippen LogP contribution in [-0.4, -0.2) is 74.3 Å². The highest BCUT2D eigenvalue weighted by atomic mass is 16.5. The van der Waals surface area contributed by atoms with E-state index < -0.39 is 29.8 Å². The van der Waals surface area contributed by atoms with Gasteiger partial charge in [-0.1, -0.05) is 0 Å². The van der Waals surface area contributed by atoms with Gasteiger partial charge < -0.3 is 25.1 Å². The van der Waals surface area contributed by atoms with Gasteiger partial charge in [-0.2, -0.15) is 0 Å². The van der Waals surface area contributed by atoms with Gasteiger partial charge in [0.25, 0.3) is 0 Å². The van der Waals surface area contributed by atoms with Crippen molar-refractivity contribution in [2.24, 2.45) is 0 Å². The predicted molar refractivity (Wildman–Crippen MR) is 88.0 cm³/mol. The van der Waals surface area contributed by atoms with Gasteiger partial charge >= 0.3 is 5.97 Å². The van der Waals surface area contributed by atoms with Crippen LogP contribution < -0.4 is 5.32 Å². The van der Waals surface area contributed by atoms with Crippen LogP contribution in [-0.2, 0) is 23.9 Å². The van der Waals surface area contributed by atoms with E-state index in [0.29, 0.717) is 6.21 Å². The number of hydrogen-bond donors (Lipinski definition) is 2. The lowest BCUT2D eigenvalue weighted by Gasteiger charge is -2.30. The van der Waals surface area contributed by atoms with Crippen LogP contribution in [0.5, 0.6) is 0 Å². The molecule has 1 fully saturated rings. The van der Waals surface area contributed by atoms with Crippen molar-refractivity contribution in [2.75, 3.05) is 27.2 Å². The summed E-state index contributed by atoms with van der Waals surface area (Å²) in [7, 11) is 3.41. The summed E-state index contributed by atoms with van der Waals surface area (Å²) in [6.07, 6.45) is 1.42. The maximum atomic E-state index is 12.4. The van der Waals surface area contributed by atoms with Gasteiger partial charge in [0.05, 0.1) is 6.21 Å². The number of ether oxygens (including phenoxy) is 2. The summed E-state index contributed by atoms with van der Waals surface area (Å²) in [6, 6.07) is -0.918. The average Bonchev–Trinajstić information content (AvgIpc) is 2.58. The second-order valence-corrected chi connectivity index (χ2v) is 6.03. The van der Waals surface area contributed by atoms with E-state index in [1.165, 1.54) is 7.11 Å². The lowest BCUT2D eigenvalue weighted by atomic mass is 10.1. The molecular formula is C16H27N3O5. The molecule has 0 aromatic rings. The molecule has 0 spiro atoms. The lowest BCUT2D eigenvalue weighted by Crippen LogP contribution is -2.47. The van der Waals surface area contributed by atoms with Gasteiger partial charge in [0, 0.05) is 26.6 Å². The van der Waals surface area contributed by atoms with Crippen LogP contribution in [0.1, 0.15) is 32.6 Å². The van der Waals surface area contributed by atoms with Crippen LogP contribution in [0.15, 0.2) is 0 Å². The Morgan fingerprint density at radius 2 is 1.96 bits per heavy atom. The van der Waals surface area contributed by atoms with Crippen molar-refractivity contribution < 1.29 is 23.9 Å². The molecule has 136 valence electrons. The highest BCUT2D eigenvalue weighted by Gasteiger charge is 2.28. The number of carbonyl (C=O) groups excluding carboxylic acids is 3. The minimum absolute atomic E-state index is 0.00167. The topological polar surface area (TPSA) is 109 Å². The van der Waals surface area contributed by atoms with E-state index in [9.17, 15) is 14.4 Å². The number of nitrogens with one attached hydrogen (secondary N) is 2. The predicted octanol–water partition coefficient (Wildman–Crippen LogP) is 0.142. The fourth-order valence-electron chi connectivity index (χ4n) is 2.35. The van der Waals surface area contributed by atoms with Crippen molar-refractivity contribution in [3.63, 3.8) is 0 Å². The third-order valence-corrected chi connectivity index (χ3v) is 4.11. The van der Waals surface area contributed by atoms with Crippen LogP contribution in [0.3, 0.4) is 0 Å². The number of rotatable bonds is 9. The van der Waals surface area contributed by atoms with E-state index >= 15 is 0 Å². The number of esters is 1. The Labute approximate surface area is 142 Å². The number of ketones is 1. The molecule has 2 N–H and O–H groups in total. The van der Waals surface area contributed by atoms with Crippen molar-refractivity contribution in [3.8, 4) is 0 Å². The Hall–Kier alpha value is -1.80. The lowest BCUT2D eigenvalue weighted by molar-refractivity contribution is -0.156. The number of hydrogen-bond acceptors (Lipinski definition) is 7. The Morgan fingerprint density at radius 3 is 2.50 bits per heavy atom. The standard InChI is InChI=1S/C16H27N3O5/c1-11(23-3)15(21)18-14(5-4-12(20)10-17)16(22)24-13-6-8-19(2)9-7-13/h10-11,13-14,17H,4-9H2,1-3H3,(H,18,21)/t11-,14-/m0/s1. The smallest absolute Gasteiger partial charge is 0.328 e. The summed E-state index contributed by atoms with van der Waals surface area (Å²) >= 11 is 0. The molecule has 1 heterocycles. The highest BCUT2D eigenvalue weighted by Crippen LogP contribution is 2.14. The Balaban J connectivity index is 2.63. The molecular weight excluding hydrogens is 314 g/mol. The van der Waals surface area contributed by atoms with Crippen LogP contribution in [0.25, 0.3) is 0 Å². The minimum Gasteiger partial charge on any atom is -0.461 e. The zero-order valence-corrected chi connectivity index (χ0v) is 14.5. The molecule has 0 saturated carbocycles. The van der Waals surface area contributed by atoms with Gasteiger partial charge in [0.1, 0.15) is 18.2 Å². The fraction of sp³-hybridized carbons (Fsp3) is 0.750. The molecule has 1 saturated heterocycles. The number of amides is 1. The Bertz CT molecular complexity index is 461. The monoisotopic (exact) mass is 341 g/mol. The Kier molecular flexibility index (Phi) is 8.56. The molecule has 0 unspecified atom stereocenters. The number of Topliss-reactive ketones (excluding diaryl/α,β-unsaturated/α-hetero) is 1. The molecule has 2 atom stereocenters. The maximum absolute atomic E-state index is 12.4. The average molecular weight is 341 g/mol. The summed E-state index contributed by atoms with van der Waals surface area (Å²) in [4.78, 5) is 37.8. The second-order valence-electron chi connectivity index (χ2n) is 6.03. The van der Waals surface area contributed by atoms with E-state index in [2.05, 4.69) is 10.2 Å². The van der Waals surface area contributed by atoms with Crippen LogP contribution >= 0.6 is 0 Å². The van der Waals surface area contributed by atoms with Gasteiger partial charge in [-0.3, -0.25) is 9.59 Å². The SMILES string of the molecule is CO[C@@H](C)C(=O)N[C@@H](CCC(=O)C=N)C(=O)OC1CCN(C)CC1. The molecule has 8 nitrogen and oxygen atoms in total. The quantitative estimate of drug-likeness (QED) is 0.456. The molecule has 24 heavy (non-hydrogen) atoms. The van der Waals surface area contributed by atoms with E-state index in [1.807, 2.05) is 7.05 Å². The molecule has 0 aliphatic carbocycles. The first kappa shape index (κ1) is 20.2. The number of nitrogens with zero attached hydrogens (tertiary/aromatic N) is 1. The number of piperidine rings is 1. The molecule has 0 aromatic carbocycles.